The first kappa shape index (κ1) is 26.9. The first-order chi connectivity index (χ1) is 18.3. The second-order valence-electron chi connectivity index (χ2n) is 9.36. The summed E-state index contributed by atoms with van der Waals surface area (Å²) in [6.07, 6.45) is 0. The van der Waals surface area contributed by atoms with Crippen LogP contribution in [0.2, 0.25) is 0 Å². The van der Waals surface area contributed by atoms with Gasteiger partial charge >= 0.3 is 0 Å². The van der Waals surface area contributed by atoms with Crippen molar-refractivity contribution in [3.63, 3.8) is 0 Å². The molecular weight excluding hydrogens is 480 g/mol. The fourth-order valence-electron chi connectivity index (χ4n) is 4.78. The van der Waals surface area contributed by atoms with E-state index < -0.39 is 17.7 Å². The quantitative estimate of drug-likeness (QED) is 0.224. The Hall–Kier alpha value is -4.10. The highest BCUT2D eigenvalue weighted by molar-refractivity contribution is 6.46. The number of aromatic hydroxyl groups is 1. The predicted molar refractivity (Wildman–Crippen MR) is 147 cm³/mol. The molecule has 0 aromatic heterocycles. The average molecular weight is 515 g/mol. The summed E-state index contributed by atoms with van der Waals surface area (Å²) in [4.78, 5) is 30.2. The third-order valence-electron chi connectivity index (χ3n) is 7.00. The van der Waals surface area contributed by atoms with Crippen LogP contribution in [0.5, 0.6) is 11.5 Å². The maximum absolute atomic E-state index is 13.3. The minimum Gasteiger partial charge on any atom is -0.508 e. The van der Waals surface area contributed by atoms with Crippen LogP contribution in [0.15, 0.2) is 78.4 Å². The Kier molecular flexibility index (Phi) is 8.48. The Balaban J connectivity index is 1.69. The van der Waals surface area contributed by atoms with Crippen LogP contribution in [0.1, 0.15) is 42.1 Å². The monoisotopic (exact) mass is 514 g/mol. The molecule has 1 atom stereocenters. The number of hydrogen-bond acceptors (Lipinski definition) is 6. The van der Waals surface area contributed by atoms with E-state index in [1.54, 1.807) is 24.3 Å². The number of likely N-dealkylation sites (N-methyl/N-ethyl adjacent to an activating group) is 1. The summed E-state index contributed by atoms with van der Waals surface area (Å²) in [5.41, 5.74) is 2.90. The molecule has 1 amide bonds. The third-order valence-corrected chi connectivity index (χ3v) is 7.00. The molecule has 7 nitrogen and oxygen atoms in total. The normalized spacial score (nSPS) is 16.8. The molecule has 0 aliphatic carbocycles. The first-order valence-corrected chi connectivity index (χ1v) is 12.9. The summed E-state index contributed by atoms with van der Waals surface area (Å²) >= 11 is 0. The zero-order chi connectivity index (χ0) is 27.2. The lowest BCUT2D eigenvalue weighted by Gasteiger charge is -2.28. The lowest BCUT2D eigenvalue weighted by atomic mass is 9.94. The molecule has 4 rings (SSSR count). The number of Topliss-reactive ketones (excluding diaryl/α,β-unsaturated/α-hetero) is 1. The number of phenolic OH excluding ortho intramolecular Hbond substituents is 1. The second kappa shape index (κ2) is 12.0. The highest BCUT2D eigenvalue weighted by Gasteiger charge is 2.46. The highest BCUT2D eigenvalue weighted by Crippen LogP contribution is 2.40. The van der Waals surface area contributed by atoms with Crippen molar-refractivity contribution in [2.45, 2.75) is 33.4 Å². The number of amides is 1. The number of likely N-dealkylation sites (tertiary alicyclic amines) is 1. The lowest BCUT2D eigenvalue weighted by Crippen LogP contribution is -2.38. The van der Waals surface area contributed by atoms with Gasteiger partial charge in [0.25, 0.3) is 11.7 Å². The molecule has 2 N–H and O–H groups in total. The van der Waals surface area contributed by atoms with Gasteiger partial charge in [-0.15, -0.1) is 0 Å². The van der Waals surface area contributed by atoms with Gasteiger partial charge in [-0.3, -0.25) is 9.59 Å². The number of rotatable bonds is 10. The number of aliphatic hydroxyl groups excluding tert-OH is 1. The van der Waals surface area contributed by atoms with Crippen molar-refractivity contribution in [3.05, 3.63) is 101 Å². The van der Waals surface area contributed by atoms with Gasteiger partial charge in [-0.1, -0.05) is 56.3 Å². The molecule has 1 saturated heterocycles. The molecule has 7 heteroatoms. The van der Waals surface area contributed by atoms with Crippen molar-refractivity contribution in [1.29, 1.82) is 0 Å². The molecule has 0 spiro atoms. The Bertz CT molecular complexity index is 1310. The number of aryl methyl sites for hydroxylation is 1. The maximum Gasteiger partial charge on any atom is 0.295 e. The Morgan fingerprint density at radius 3 is 2.29 bits per heavy atom. The van der Waals surface area contributed by atoms with Crippen molar-refractivity contribution in [2.75, 3.05) is 26.2 Å². The van der Waals surface area contributed by atoms with Crippen molar-refractivity contribution in [2.24, 2.45) is 0 Å². The second-order valence-corrected chi connectivity index (χ2v) is 9.36. The van der Waals surface area contributed by atoms with Crippen molar-refractivity contribution >= 4 is 17.4 Å². The minimum atomic E-state index is -0.764. The van der Waals surface area contributed by atoms with Crippen molar-refractivity contribution in [1.82, 2.24) is 9.80 Å². The van der Waals surface area contributed by atoms with Crippen molar-refractivity contribution < 1.29 is 24.5 Å². The molecule has 0 saturated carbocycles. The molecule has 1 fully saturated rings. The van der Waals surface area contributed by atoms with Gasteiger partial charge in [0.1, 0.15) is 23.9 Å². The van der Waals surface area contributed by atoms with Crippen LogP contribution >= 0.6 is 0 Å². The van der Waals surface area contributed by atoms with E-state index in [2.05, 4.69) is 4.90 Å². The van der Waals surface area contributed by atoms with Gasteiger partial charge in [-0.25, -0.2) is 0 Å². The molecule has 3 aromatic carbocycles. The standard InChI is InChI=1S/C31H34N2O5/c1-4-32(5-2)17-18-33-28(23-11-13-24(34)14-12-23)27(30(36)31(33)37)29(35)26-16-15-25(19-21(26)3)38-20-22-9-7-6-8-10-22/h6-16,19,28,34-35H,4-5,17-18,20H2,1-3H3/b29-27+/t28-/m0/s1. The number of benzene rings is 3. The first-order valence-electron chi connectivity index (χ1n) is 12.9. The number of ether oxygens (including phenoxy) is 1. The van der Waals surface area contributed by atoms with E-state index in [1.807, 2.05) is 57.2 Å². The summed E-state index contributed by atoms with van der Waals surface area (Å²) < 4.78 is 5.91. The van der Waals surface area contributed by atoms with Gasteiger partial charge in [0.05, 0.1) is 11.6 Å². The largest absolute Gasteiger partial charge is 0.508 e. The van der Waals surface area contributed by atoms with E-state index in [9.17, 15) is 19.8 Å². The lowest BCUT2D eigenvalue weighted by molar-refractivity contribution is -0.140. The van der Waals surface area contributed by atoms with E-state index in [-0.39, 0.29) is 17.1 Å². The van der Waals surface area contributed by atoms with Crippen LogP contribution in [0.3, 0.4) is 0 Å². The molecule has 1 aliphatic heterocycles. The molecule has 198 valence electrons. The average Bonchev–Trinajstić information content (AvgIpc) is 3.18. The van der Waals surface area contributed by atoms with Crippen LogP contribution in [-0.4, -0.2) is 57.9 Å². The third kappa shape index (κ3) is 5.73. The number of hydrogen-bond donors (Lipinski definition) is 2. The molecule has 0 radical (unpaired) electrons. The number of carbonyl (C=O) groups excluding carboxylic acids is 2. The number of phenols is 1. The van der Waals surface area contributed by atoms with Crippen LogP contribution in [-0.2, 0) is 16.2 Å². The van der Waals surface area contributed by atoms with Gasteiger partial charge in [0.15, 0.2) is 0 Å². The van der Waals surface area contributed by atoms with E-state index in [0.717, 1.165) is 18.7 Å². The molecule has 0 unspecified atom stereocenters. The van der Waals surface area contributed by atoms with Crippen LogP contribution < -0.4 is 4.74 Å². The SMILES string of the molecule is CCN(CC)CCN1C(=O)C(=O)/C(=C(/O)c2ccc(OCc3ccccc3)cc2C)[C@@H]1c1ccc(O)cc1. The van der Waals surface area contributed by atoms with Crippen LogP contribution in [0.25, 0.3) is 5.76 Å². The zero-order valence-corrected chi connectivity index (χ0v) is 22.1. The number of ketones is 1. The molecular formula is C31H34N2O5. The Morgan fingerprint density at radius 1 is 0.974 bits per heavy atom. The number of nitrogens with zero attached hydrogens (tertiary/aromatic N) is 2. The molecule has 1 aliphatic rings. The molecule has 0 bridgehead atoms. The van der Waals surface area contributed by atoms with Gasteiger partial charge in [-0.05, 0) is 67.0 Å². The Morgan fingerprint density at radius 2 is 1.66 bits per heavy atom. The topological polar surface area (TPSA) is 90.3 Å². The fraction of sp³-hybridized carbons (Fsp3) is 0.290. The smallest absolute Gasteiger partial charge is 0.295 e. The van der Waals surface area contributed by atoms with E-state index >= 15 is 0 Å². The molecule has 38 heavy (non-hydrogen) atoms. The van der Waals surface area contributed by atoms with Crippen LogP contribution in [0.4, 0.5) is 0 Å². The van der Waals surface area contributed by atoms with Gasteiger partial charge in [0.2, 0.25) is 0 Å². The van der Waals surface area contributed by atoms with E-state index in [1.165, 1.54) is 17.0 Å². The highest BCUT2D eigenvalue weighted by atomic mass is 16.5. The maximum atomic E-state index is 13.3. The predicted octanol–water partition coefficient (Wildman–Crippen LogP) is 5.04. The zero-order valence-electron chi connectivity index (χ0n) is 22.1. The van der Waals surface area contributed by atoms with Gasteiger partial charge < -0.3 is 24.7 Å². The van der Waals surface area contributed by atoms with Crippen molar-refractivity contribution in [3.8, 4) is 11.5 Å². The van der Waals surface area contributed by atoms with Crippen LogP contribution in [0, 0.1) is 6.92 Å². The molecule has 3 aromatic rings. The number of aliphatic hydroxyl groups is 1. The van der Waals surface area contributed by atoms with E-state index in [4.69, 9.17) is 4.74 Å². The minimum absolute atomic E-state index is 0.0429. The van der Waals surface area contributed by atoms with Gasteiger partial charge in [0, 0.05) is 18.7 Å². The summed E-state index contributed by atoms with van der Waals surface area (Å²) in [6, 6.07) is 20.7. The summed E-state index contributed by atoms with van der Waals surface area (Å²) in [5, 5.41) is 21.3. The fourth-order valence-corrected chi connectivity index (χ4v) is 4.78. The summed E-state index contributed by atoms with van der Waals surface area (Å²) in [5.74, 6) is -0.867. The summed E-state index contributed by atoms with van der Waals surface area (Å²) in [7, 11) is 0. The summed E-state index contributed by atoms with van der Waals surface area (Å²) in [6.45, 7) is 8.90. The number of carbonyl (C=O) groups is 2. The molecule has 1 heterocycles. The van der Waals surface area contributed by atoms with Gasteiger partial charge in [-0.2, -0.15) is 0 Å². The van der Waals surface area contributed by atoms with E-state index in [0.29, 0.717) is 42.1 Å². The Labute approximate surface area is 223 Å².